The Bertz CT molecular complexity index is 1010. The summed E-state index contributed by atoms with van der Waals surface area (Å²) >= 11 is 0. The van der Waals surface area contributed by atoms with E-state index in [1.807, 2.05) is 59.5 Å². The Morgan fingerprint density at radius 1 is 1.16 bits per heavy atom. The number of aromatic amines is 1. The lowest BCUT2D eigenvalue weighted by Crippen LogP contribution is -2.30. The number of likely N-dealkylation sites (tertiary alicyclic amines) is 1. The molecule has 1 N–H and O–H groups in total. The number of hydrogen-bond acceptors (Lipinski definition) is 3. The van der Waals surface area contributed by atoms with Crippen molar-refractivity contribution in [2.24, 2.45) is 0 Å². The summed E-state index contributed by atoms with van der Waals surface area (Å²) in [4.78, 5) is 22.9. The molecule has 5 heteroatoms. The first-order chi connectivity index (χ1) is 12.3. The van der Waals surface area contributed by atoms with Gasteiger partial charge in [-0.25, -0.2) is 4.98 Å². The molecule has 0 bridgehead atoms. The van der Waals surface area contributed by atoms with E-state index in [2.05, 4.69) is 9.97 Å². The largest absolute Gasteiger partial charge is 0.451 e. The maximum absolute atomic E-state index is 13.0. The number of hydrogen-bond donors (Lipinski definition) is 1. The third kappa shape index (κ3) is 2.31. The number of H-pyrrole nitrogens is 1. The van der Waals surface area contributed by atoms with Crippen molar-refractivity contribution in [1.82, 2.24) is 14.9 Å². The van der Waals surface area contributed by atoms with Crippen molar-refractivity contribution < 1.29 is 9.21 Å². The molecule has 1 saturated heterocycles. The molecule has 124 valence electrons. The van der Waals surface area contributed by atoms with E-state index in [9.17, 15) is 4.79 Å². The van der Waals surface area contributed by atoms with Crippen LogP contribution in [0.3, 0.4) is 0 Å². The van der Waals surface area contributed by atoms with E-state index in [4.69, 9.17) is 4.42 Å². The summed E-state index contributed by atoms with van der Waals surface area (Å²) in [6.07, 6.45) is 1.87. The molecule has 5 nitrogen and oxygen atoms in total. The Morgan fingerprint density at radius 2 is 2.00 bits per heavy atom. The minimum Gasteiger partial charge on any atom is -0.451 e. The molecule has 1 aliphatic heterocycles. The van der Waals surface area contributed by atoms with Crippen LogP contribution >= 0.6 is 0 Å². The van der Waals surface area contributed by atoms with Crippen LogP contribution < -0.4 is 0 Å². The summed E-state index contributed by atoms with van der Waals surface area (Å²) in [6, 6.07) is 17.4. The molecule has 1 fully saturated rings. The molecule has 0 saturated carbocycles. The first-order valence-corrected chi connectivity index (χ1v) is 8.54. The van der Waals surface area contributed by atoms with Crippen LogP contribution in [0.25, 0.3) is 22.0 Å². The van der Waals surface area contributed by atoms with Gasteiger partial charge in [-0.2, -0.15) is 0 Å². The van der Waals surface area contributed by atoms with E-state index in [1.165, 1.54) is 0 Å². The fraction of sp³-hybridized carbons (Fsp3) is 0.200. The third-order valence-electron chi connectivity index (χ3n) is 4.87. The monoisotopic (exact) mass is 331 g/mol. The van der Waals surface area contributed by atoms with Crippen LogP contribution in [0.5, 0.6) is 0 Å². The van der Waals surface area contributed by atoms with Gasteiger partial charge in [-0.05, 0) is 37.1 Å². The Labute approximate surface area is 144 Å². The molecule has 4 aromatic rings. The van der Waals surface area contributed by atoms with Crippen molar-refractivity contribution in [2.75, 3.05) is 6.54 Å². The van der Waals surface area contributed by atoms with Crippen LogP contribution in [-0.2, 0) is 0 Å². The van der Waals surface area contributed by atoms with Crippen LogP contribution in [0.1, 0.15) is 35.3 Å². The highest BCUT2D eigenvalue weighted by molar-refractivity contribution is 5.96. The van der Waals surface area contributed by atoms with E-state index in [0.717, 1.165) is 47.2 Å². The normalized spacial score (nSPS) is 17.6. The first-order valence-electron chi connectivity index (χ1n) is 8.54. The highest BCUT2D eigenvalue weighted by Crippen LogP contribution is 2.33. The van der Waals surface area contributed by atoms with Crippen molar-refractivity contribution in [2.45, 2.75) is 18.9 Å². The minimum absolute atomic E-state index is 0.0342. The number of carbonyl (C=O) groups is 1. The number of carbonyl (C=O) groups excluding carboxylic acids is 1. The molecule has 2 aromatic heterocycles. The van der Waals surface area contributed by atoms with Gasteiger partial charge in [-0.1, -0.05) is 30.3 Å². The van der Waals surface area contributed by atoms with Crippen molar-refractivity contribution >= 4 is 27.9 Å². The van der Waals surface area contributed by atoms with Crippen molar-refractivity contribution in [1.29, 1.82) is 0 Å². The van der Waals surface area contributed by atoms with Gasteiger partial charge in [0.05, 0.1) is 17.1 Å². The van der Waals surface area contributed by atoms with Crippen LogP contribution in [-0.4, -0.2) is 27.3 Å². The Morgan fingerprint density at radius 3 is 2.88 bits per heavy atom. The van der Waals surface area contributed by atoms with E-state index >= 15 is 0 Å². The second-order valence-corrected chi connectivity index (χ2v) is 6.44. The molecule has 3 heterocycles. The number of amides is 1. The highest BCUT2D eigenvalue weighted by Gasteiger charge is 2.34. The van der Waals surface area contributed by atoms with E-state index in [0.29, 0.717) is 5.76 Å². The van der Waals surface area contributed by atoms with Gasteiger partial charge in [0.2, 0.25) is 0 Å². The zero-order valence-corrected chi connectivity index (χ0v) is 13.6. The second kappa shape index (κ2) is 5.48. The van der Waals surface area contributed by atoms with Crippen LogP contribution in [0.4, 0.5) is 0 Å². The summed E-state index contributed by atoms with van der Waals surface area (Å²) in [5.41, 5.74) is 2.67. The quantitative estimate of drug-likeness (QED) is 0.596. The van der Waals surface area contributed by atoms with Gasteiger partial charge in [-0.15, -0.1) is 0 Å². The number of nitrogens with zero attached hydrogens (tertiary/aromatic N) is 2. The predicted octanol–water partition coefficient (Wildman–Crippen LogP) is 4.29. The second-order valence-electron chi connectivity index (χ2n) is 6.44. The zero-order chi connectivity index (χ0) is 16.8. The summed E-state index contributed by atoms with van der Waals surface area (Å²) in [7, 11) is 0. The molecular formula is C20H17N3O2. The van der Waals surface area contributed by atoms with E-state index < -0.39 is 0 Å². The summed E-state index contributed by atoms with van der Waals surface area (Å²) in [6.45, 7) is 0.720. The van der Waals surface area contributed by atoms with E-state index in [-0.39, 0.29) is 11.9 Å². The number of fused-ring (bicyclic) bond motifs is 2. The Hall–Kier alpha value is -3.08. The summed E-state index contributed by atoms with van der Waals surface area (Å²) in [5.74, 6) is 1.17. The lowest BCUT2D eigenvalue weighted by Gasteiger charge is -2.21. The van der Waals surface area contributed by atoms with Crippen LogP contribution in [0, 0.1) is 0 Å². The highest BCUT2D eigenvalue weighted by atomic mass is 16.3. The minimum atomic E-state index is -0.0702. The fourth-order valence-corrected chi connectivity index (χ4v) is 3.65. The Kier molecular flexibility index (Phi) is 3.13. The number of imidazole rings is 1. The smallest absolute Gasteiger partial charge is 0.290 e. The first kappa shape index (κ1) is 14.3. The van der Waals surface area contributed by atoms with Gasteiger partial charge in [0, 0.05) is 11.9 Å². The molecule has 25 heavy (non-hydrogen) atoms. The number of aromatic nitrogens is 2. The zero-order valence-electron chi connectivity index (χ0n) is 13.6. The molecular weight excluding hydrogens is 314 g/mol. The SMILES string of the molecule is O=C(c1cc2ccccc2o1)N1CCC[C@H]1c1nc2ccccc2[nH]1. The van der Waals surface area contributed by atoms with Gasteiger partial charge >= 0.3 is 0 Å². The van der Waals surface area contributed by atoms with Crippen molar-refractivity contribution in [3.8, 4) is 0 Å². The van der Waals surface area contributed by atoms with Crippen molar-refractivity contribution in [3.05, 3.63) is 66.2 Å². The Balaban J connectivity index is 1.50. The molecule has 1 amide bonds. The third-order valence-corrected chi connectivity index (χ3v) is 4.87. The number of nitrogens with one attached hydrogen (secondary N) is 1. The topological polar surface area (TPSA) is 62.1 Å². The van der Waals surface area contributed by atoms with Gasteiger partial charge in [0.15, 0.2) is 5.76 Å². The van der Waals surface area contributed by atoms with Gasteiger partial charge < -0.3 is 14.3 Å². The standard InChI is InChI=1S/C20H17N3O2/c24-20(18-12-13-6-1-4-10-17(13)25-18)23-11-5-9-16(23)19-21-14-7-2-3-8-15(14)22-19/h1-4,6-8,10,12,16H,5,9,11H2,(H,21,22)/t16-/m0/s1. The summed E-state index contributed by atoms with van der Waals surface area (Å²) < 4.78 is 5.76. The number of rotatable bonds is 2. The molecule has 1 aliphatic rings. The van der Waals surface area contributed by atoms with Gasteiger partial charge in [0.1, 0.15) is 11.4 Å². The molecule has 0 spiro atoms. The number of benzene rings is 2. The van der Waals surface area contributed by atoms with Crippen LogP contribution in [0.2, 0.25) is 0 Å². The number of furan rings is 1. The fourth-order valence-electron chi connectivity index (χ4n) is 3.65. The number of para-hydroxylation sites is 3. The van der Waals surface area contributed by atoms with E-state index in [1.54, 1.807) is 0 Å². The lowest BCUT2D eigenvalue weighted by atomic mass is 10.2. The molecule has 5 rings (SSSR count). The average Bonchev–Trinajstić information content (AvgIpc) is 3.36. The maximum Gasteiger partial charge on any atom is 0.290 e. The van der Waals surface area contributed by atoms with Crippen molar-refractivity contribution in [3.63, 3.8) is 0 Å². The molecule has 1 atom stereocenters. The maximum atomic E-state index is 13.0. The average molecular weight is 331 g/mol. The molecule has 0 unspecified atom stereocenters. The van der Waals surface area contributed by atoms with Gasteiger partial charge in [-0.3, -0.25) is 4.79 Å². The lowest BCUT2D eigenvalue weighted by molar-refractivity contribution is 0.0700. The molecule has 0 aliphatic carbocycles. The molecule has 2 aromatic carbocycles. The molecule has 0 radical (unpaired) electrons. The van der Waals surface area contributed by atoms with Gasteiger partial charge in [0.25, 0.3) is 5.91 Å². The summed E-state index contributed by atoms with van der Waals surface area (Å²) in [5, 5.41) is 0.949. The predicted molar refractivity (Wildman–Crippen MR) is 95.3 cm³/mol. The van der Waals surface area contributed by atoms with Crippen LogP contribution in [0.15, 0.2) is 59.0 Å².